The van der Waals surface area contributed by atoms with Crippen molar-refractivity contribution in [3.05, 3.63) is 64.2 Å². The minimum Gasteiger partial charge on any atom is -0.484 e. The van der Waals surface area contributed by atoms with Gasteiger partial charge in [0.25, 0.3) is 5.91 Å². The first kappa shape index (κ1) is 21.7. The van der Waals surface area contributed by atoms with Crippen LogP contribution in [0.1, 0.15) is 30.0 Å². The molecule has 5 nitrogen and oxygen atoms in total. The van der Waals surface area contributed by atoms with E-state index < -0.39 is 9.84 Å². The van der Waals surface area contributed by atoms with Gasteiger partial charge in [-0.3, -0.25) is 4.79 Å². The molecule has 1 fully saturated rings. The lowest BCUT2D eigenvalue weighted by atomic mass is 10.1. The third kappa shape index (κ3) is 5.73. The summed E-state index contributed by atoms with van der Waals surface area (Å²) in [6, 6.07) is 13.0. The van der Waals surface area contributed by atoms with Gasteiger partial charge in [0.05, 0.1) is 11.5 Å². The van der Waals surface area contributed by atoms with Crippen molar-refractivity contribution in [2.24, 2.45) is 0 Å². The van der Waals surface area contributed by atoms with Gasteiger partial charge < -0.3 is 9.64 Å². The molecule has 2 aromatic carbocycles. The van der Waals surface area contributed by atoms with Crippen LogP contribution in [-0.4, -0.2) is 43.4 Å². The predicted molar refractivity (Wildman–Crippen MR) is 115 cm³/mol. The zero-order valence-corrected chi connectivity index (χ0v) is 18.3. The summed E-state index contributed by atoms with van der Waals surface area (Å²) in [5, 5.41) is 0.636. The van der Waals surface area contributed by atoms with Crippen LogP contribution < -0.4 is 4.74 Å². The summed E-state index contributed by atoms with van der Waals surface area (Å²) in [6.07, 6.45) is 1.40. The van der Waals surface area contributed by atoms with E-state index in [0.717, 1.165) is 17.5 Å². The molecule has 0 N–H and O–H groups in total. The summed E-state index contributed by atoms with van der Waals surface area (Å²) < 4.78 is 29.6. The summed E-state index contributed by atoms with van der Waals surface area (Å²) in [7, 11) is -3.10. The topological polar surface area (TPSA) is 63.7 Å². The molecule has 1 atom stereocenters. The van der Waals surface area contributed by atoms with Gasteiger partial charge in [-0.05, 0) is 54.7 Å². The van der Waals surface area contributed by atoms with E-state index in [1.165, 1.54) is 5.56 Å². The van der Waals surface area contributed by atoms with Crippen LogP contribution >= 0.6 is 11.6 Å². The number of carbonyl (C=O) groups excluding carboxylic acids is 1. The van der Waals surface area contributed by atoms with Crippen molar-refractivity contribution in [1.29, 1.82) is 0 Å². The Balaban J connectivity index is 1.73. The van der Waals surface area contributed by atoms with Crippen LogP contribution in [0.2, 0.25) is 5.02 Å². The summed E-state index contributed by atoms with van der Waals surface area (Å²) in [4.78, 5) is 14.6. The number of nitrogens with zero attached hydrogens (tertiary/aromatic N) is 1. The van der Waals surface area contributed by atoms with Crippen LogP contribution in [0.5, 0.6) is 5.75 Å². The maximum Gasteiger partial charge on any atom is 0.261 e. The Hall–Kier alpha value is -2.05. The molecule has 0 aliphatic carbocycles. The molecule has 0 radical (unpaired) electrons. The fourth-order valence-corrected chi connectivity index (χ4v) is 5.30. The highest BCUT2D eigenvalue weighted by molar-refractivity contribution is 7.91. The van der Waals surface area contributed by atoms with Crippen LogP contribution in [0.25, 0.3) is 0 Å². The average molecular weight is 436 g/mol. The second-order valence-electron chi connectivity index (χ2n) is 7.45. The van der Waals surface area contributed by atoms with E-state index in [9.17, 15) is 13.2 Å². The number of carbonyl (C=O) groups is 1. The van der Waals surface area contributed by atoms with E-state index in [4.69, 9.17) is 16.3 Å². The Morgan fingerprint density at radius 1 is 1.17 bits per heavy atom. The van der Waals surface area contributed by atoms with E-state index >= 15 is 0 Å². The number of sulfone groups is 1. The number of ether oxygens (including phenoxy) is 1. The minimum absolute atomic E-state index is 0.00579. The normalized spacial score (nSPS) is 17.8. The SMILES string of the molecule is CCc1ccc(CN(C(=O)COc2ccc(Cl)c(C)c2)[C@H]2CCS(=O)(=O)C2)cc1. The Kier molecular flexibility index (Phi) is 6.85. The molecule has 1 saturated heterocycles. The highest BCUT2D eigenvalue weighted by Gasteiger charge is 2.34. The smallest absolute Gasteiger partial charge is 0.261 e. The minimum atomic E-state index is -3.10. The summed E-state index contributed by atoms with van der Waals surface area (Å²) in [5.74, 6) is 0.463. The Morgan fingerprint density at radius 3 is 2.45 bits per heavy atom. The number of halogens is 1. The number of aryl methyl sites for hydroxylation is 2. The molecule has 2 aromatic rings. The maximum atomic E-state index is 13.0. The highest BCUT2D eigenvalue weighted by atomic mass is 35.5. The van der Waals surface area contributed by atoms with Gasteiger partial charge in [-0.15, -0.1) is 0 Å². The molecule has 0 aromatic heterocycles. The summed E-state index contributed by atoms with van der Waals surface area (Å²) >= 11 is 6.03. The first-order chi connectivity index (χ1) is 13.8. The molecular weight excluding hydrogens is 410 g/mol. The largest absolute Gasteiger partial charge is 0.484 e. The van der Waals surface area contributed by atoms with E-state index in [1.54, 1.807) is 23.1 Å². The molecule has 0 spiro atoms. The number of hydrogen-bond acceptors (Lipinski definition) is 4. The standard InChI is InChI=1S/C22H26ClNO4S/c1-3-17-4-6-18(7-5-17)13-24(19-10-11-29(26,27)15-19)22(25)14-28-20-8-9-21(23)16(2)12-20/h4-9,12,19H,3,10-11,13-15H2,1-2H3/t19-/m0/s1. The zero-order chi connectivity index (χ0) is 21.0. The fraction of sp³-hybridized carbons (Fsp3) is 0.409. The van der Waals surface area contributed by atoms with E-state index in [2.05, 4.69) is 6.92 Å². The molecule has 29 heavy (non-hydrogen) atoms. The summed E-state index contributed by atoms with van der Waals surface area (Å²) in [5.41, 5.74) is 3.06. The van der Waals surface area contributed by atoms with Crippen molar-refractivity contribution >= 4 is 27.3 Å². The van der Waals surface area contributed by atoms with Gasteiger partial charge in [0.2, 0.25) is 0 Å². The molecule has 1 heterocycles. The molecule has 1 aliphatic heterocycles. The number of rotatable bonds is 7. The highest BCUT2D eigenvalue weighted by Crippen LogP contribution is 2.23. The third-order valence-corrected chi connectivity index (χ3v) is 7.42. The molecule has 3 rings (SSSR count). The second kappa shape index (κ2) is 9.18. The van der Waals surface area contributed by atoms with E-state index in [0.29, 0.717) is 23.7 Å². The van der Waals surface area contributed by atoms with Gasteiger partial charge in [-0.1, -0.05) is 42.8 Å². The lowest BCUT2D eigenvalue weighted by Gasteiger charge is -2.28. The second-order valence-corrected chi connectivity index (χ2v) is 10.1. The molecule has 7 heteroatoms. The van der Waals surface area contributed by atoms with Gasteiger partial charge in [0.15, 0.2) is 16.4 Å². The van der Waals surface area contributed by atoms with Gasteiger partial charge in [0, 0.05) is 17.6 Å². The predicted octanol–water partition coefficient (Wildman–Crippen LogP) is 3.81. The fourth-order valence-electron chi connectivity index (χ4n) is 3.45. The van der Waals surface area contributed by atoms with Crippen molar-refractivity contribution in [2.75, 3.05) is 18.1 Å². The number of hydrogen-bond donors (Lipinski definition) is 0. The molecular formula is C22H26ClNO4S. The monoisotopic (exact) mass is 435 g/mol. The Morgan fingerprint density at radius 2 is 1.86 bits per heavy atom. The number of amides is 1. The van der Waals surface area contributed by atoms with Crippen molar-refractivity contribution < 1.29 is 17.9 Å². The molecule has 0 saturated carbocycles. The zero-order valence-electron chi connectivity index (χ0n) is 16.7. The number of benzene rings is 2. The third-order valence-electron chi connectivity index (χ3n) is 5.25. The van der Waals surface area contributed by atoms with Crippen LogP contribution in [0.15, 0.2) is 42.5 Å². The van der Waals surface area contributed by atoms with Crippen LogP contribution in [-0.2, 0) is 27.6 Å². The van der Waals surface area contributed by atoms with Gasteiger partial charge in [-0.2, -0.15) is 0 Å². The molecule has 156 valence electrons. The maximum absolute atomic E-state index is 13.0. The van der Waals surface area contributed by atoms with Gasteiger partial charge in [0.1, 0.15) is 5.75 Å². The lowest BCUT2D eigenvalue weighted by Crippen LogP contribution is -2.43. The molecule has 0 bridgehead atoms. The quantitative estimate of drug-likeness (QED) is 0.663. The first-order valence-electron chi connectivity index (χ1n) is 9.74. The van der Waals surface area contributed by atoms with Crippen LogP contribution in [0.3, 0.4) is 0 Å². The average Bonchev–Trinajstić information content (AvgIpc) is 3.06. The van der Waals surface area contributed by atoms with E-state index in [1.807, 2.05) is 31.2 Å². The molecule has 0 unspecified atom stereocenters. The first-order valence-corrected chi connectivity index (χ1v) is 11.9. The Bertz CT molecular complexity index is 973. The lowest BCUT2D eigenvalue weighted by molar-refractivity contribution is -0.136. The van der Waals surface area contributed by atoms with Crippen molar-refractivity contribution in [2.45, 2.75) is 39.3 Å². The van der Waals surface area contributed by atoms with Crippen LogP contribution in [0, 0.1) is 6.92 Å². The van der Waals surface area contributed by atoms with E-state index in [-0.39, 0.29) is 30.1 Å². The van der Waals surface area contributed by atoms with Crippen molar-refractivity contribution in [1.82, 2.24) is 4.90 Å². The van der Waals surface area contributed by atoms with Crippen LogP contribution in [0.4, 0.5) is 0 Å². The van der Waals surface area contributed by atoms with Crippen molar-refractivity contribution in [3.8, 4) is 5.75 Å². The van der Waals surface area contributed by atoms with Gasteiger partial charge in [-0.25, -0.2) is 8.42 Å². The summed E-state index contributed by atoms with van der Waals surface area (Å²) in [6.45, 7) is 4.17. The van der Waals surface area contributed by atoms with Gasteiger partial charge >= 0.3 is 0 Å². The molecule has 1 aliphatic rings. The molecule has 1 amide bonds. The van der Waals surface area contributed by atoms with Crippen molar-refractivity contribution in [3.63, 3.8) is 0 Å². The Labute approximate surface area is 177 Å².